The van der Waals surface area contributed by atoms with Gasteiger partial charge in [-0.05, 0) is 62.3 Å². The van der Waals surface area contributed by atoms with Gasteiger partial charge in [-0.25, -0.2) is 4.99 Å². The smallest absolute Gasteiger partial charge is 0.191 e. The number of rotatable bonds is 8. The molecular weight excluding hydrogens is 380 g/mol. The summed E-state index contributed by atoms with van der Waals surface area (Å²) in [5.74, 6) is 0.911. The van der Waals surface area contributed by atoms with Crippen molar-refractivity contribution in [1.82, 2.24) is 10.6 Å². The Morgan fingerprint density at radius 2 is 1.90 bits per heavy atom. The largest absolute Gasteiger partial charge is 0.374 e. The third-order valence-corrected chi connectivity index (χ3v) is 5.95. The molecule has 2 heterocycles. The van der Waals surface area contributed by atoms with E-state index in [2.05, 4.69) is 78.1 Å². The third-order valence-electron chi connectivity index (χ3n) is 5.02. The summed E-state index contributed by atoms with van der Waals surface area (Å²) in [6.45, 7) is 10.6. The number of hydrogen-bond donors (Lipinski definition) is 2. The Balaban J connectivity index is 1.49. The Kier molecular flexibility index (Phi) is 8.38. The molecule has 0 spiro atoms. The van der Waals surface area contributed by atoms with Crippen molar-refractivity contribution in [1.29, 1.82) is 0 Å². The Labute approximate surface area is 179 Å². The summed E-state index contributed by atoms with van der Waals surface area (Å²) in [6.07, 6.45) is 2.52. The SMILES string of the molecule is CCNC(=NCc1ccc(COC(C)C)cc1)NC1CCN(c2cccs2)CC1. The third kappa shape index (κ3) is 7.05. The monoisotopic (exact) mass is 414 g/mol. The van der Waals surface area contributed by atoms with Crippen molar-refractivity contribution in [3.63, 3.8) is 0 Å². The molecular formula is C23H34N4OS. The highest BCUT2D eigenvalue weighted by atomic mass is 32.1. The molecule has 1 aliphatic heterocycles. The standard InChI is InChI=1S/C23H34N4OS/c1-4-24-23(25-16-19-7-9-20(10-8-19)17-28-18(2)3)26-21-11-13-27(14-12-21)22-6-5-15-29-22/h5-10,15,18,21H,4,11-14,16-17H2,1-3H3,(H2,24,25,26). The number of piperidine rings is 1. The zero-order valence-electron chi connectivity index (χ0n) is 17.9. The molecule has 1 aromatic carbocycles. The molecule has 5 nitrogen and oxygen atoms in total. The zero-order chi connectivity index (χ0) is 20.5. The lowest BCUT2D eigenvalue weighted by molar-refractivity contribution is 0.0657. The number of anilines is 1. The highest BCUT2D eigenvalue weighted by Crippen LogP contribution is 2.24. The second kappa shape index (κ2) is 11.2. The van der Waals surface area contributed by atoms with E-state index in [1.807, 2.05) is 11.3 Å². The fourth-order valence-electron chi connectivity index (χ4n) is 3.38. The number of aliphatic imine (C=N–C) groups is 1. The van der Waals surface area contributed by atoms with E-state index in [-0.39, 0.29) is 6.10 Å². The van der Waals surface area contributed by atoms with Crippen LogP contribution in [-0.4, -0.2) is 37.7 Å². The zero-order valence-corrected chi connectivity index (χ0v) is 18.7. The summed E-state index contributed by atoms with van der Waals surface area (Å²) >= 11 is 1.83. The van der Waals surface area contributed by atoms with E-state index in [0.717, 1.165) is 38.4 Å². The van der Waals surface area contributed by atoms with Gasteiger partial charge in [-0.2, -0.15) is 0 Å². The molecule has 1 fully saturated rings. The highest BCUT2D eigenvalue weighted by molar-refractivity contribution is 7.14. The van der Waals surface area contributed by atoms with Crippen LogP contribution >= 0.6 is 11.3 Å². The molecule has 3 rings (SSSR count). The molecule has 0 radical (unpaired) electrons. The molecule has 0 amide bonds. The van der Waals surface area contributed by atoms with Crippen LogP contribution in [0.1, 0.15) is 44.7 Å². The van der Waals surface area contributed by atoms with Crippen molar-refractivity contribution >= 4 is 22.3 Å². The summed E-state index contributed by atoms with van der Waals surface area (Å²) in [7, 11) is 0. The molecule has 6 heteroatoms. The van der Waals surface area contributed by atoms with Crippen molar-refractivity contribution in [2.24, 2.45) is 4.99 Å². The van der Waals surface area contributed by atoms with Crippen LogP contribution in [0, 0.1) is 0 Å². The first-order valence-corrected chi connectivity index (χ1v) is 11.5. The van der Waals surface area contributed by atoms with Gasteiger partial charge in [0.15, 0.2) is 5.96 Å². The number of hydrogen-bond acceptors (Lipinski definition) is 4. The molecule has 0 unspecified atom stereocenters. The second-order valence-electron chi connectivity index (χ2n) is 7.73. The van der Waals surface area contributed by atoms with Gasteiger partial charge in [0.2, 0.25) is 0 Å². The normalized spacial score (nSPS) is 15.7. The van der Waals surface area contributed by atoms with Gasteiger partial charge in [0, 0.05) is 25.7 Å². The van der Waals surface area contributed by atoms with Crippen molar-refractivity contribution < 1.29 is 4.74 Å². The molecule has 29 heavy (non-hydrogen) atoms. The minimum absolute atomic E-state index is 0.255. The first kappa shape index (κ1) is 21.7. The number of ether oxygens (including phenoxy) is 1. The number of nitrogens with zero attached hydrogens (tertiary/aromatic N) is 2. The van der Waals surface area contributed by atoms with Crippen LogP contribution in [0.4, 0.5) is 5.00 Å². The summed E-state index contributed by atoms with van der Waals surface area (Å²) in [6, 6.07) is 13.4. The van der Waals surface area contributed by atoms with Crippen LogP contribution in [0.3, 0.4) is 0 Å². The lowest BCUT2D eigenvalue weighted by Crippen LogP contribution is -2.48. The topological polar surface area (TPSA) is 48.9 Å². The van der Waals surface area contributed by atoms with Crippen LogP contribution in [0.2, 0.25) is 0 Å². The van der Waals surface area contributed by atoms with Gasteiger partial charge in [-0.1, -0.05) is 24.3 Å². The van der Waals surface area contributed by atoms with Gasteiger partial charge in [0.1, 0.15) is 0 Å². The molecule has 158 valence electrons. The Morgan fingerprint density at radius 3 is 2.52 bits per heavy atom. The minimum atomic E-state index is 0.255. The first-order chi connectivity index (χ1) is 14.1. The predicted octanol–water partition coefficient (Wildman–Crippen LogP) is 4.40. The van der Waals surface area contributed by atoms with Gasteiger partial charge in [-0.3, -0.25) is 0 Å². The molecule has 0 bridgehead atoms. The molecule has 0 atom stereocenters. The van der Waals surface area contributed by atoms with E-state index >= 15 is 0 Å². The Morgan fingerprint density at radius 1 is 1.17 bits per heavy atom. The molecule has 0 saturated carbocycles. The lowest BCUT2D eigenvalue weighted by Gasteiger charge is -2.33. The van der Waals surface area contributed by atoms with E-state index in [9.17, 15) is 0 Å². The van der Waals surface area contributed by atoms with Gasteiger partial charge < -0.3 is 20.3 Å². The first-order valence-electron chi connectivity index (χ1n) is 10.7. The second-order valence-corrected chi connectivity index (χ2v) is 8.65. The fourth-order valence-corrected chi connectivity index (χ4v) is 4.17. The summed E-state index contributed by atoms with van der Waals surface area (Å²) in [5.41, 5.74) is 2.41. The van der Waals surface area contributed by atoms with Crippen molar-refractivity contribution in [3.05, 3.63) is 52.9 Å². The maximum atomic E-state index is 5.66. The van der Waals surface area contributed by atoms with E-state index in [1.165, 1.54) is 16.1 Å². The Hall–Kier alpha value is -2.05. The average Bonchev–Trinajstić information content (AvgIpc) is 3.27. The molecule has 2 N–H and O–H groups in total. The van der Waals surface area contributed by atoms with Gasteiger partial charge in [0.25, 0.3) is 0 Å². The van der Waals surface area contributed by atoms with Gasteiger partial charge >= 0.3 is 0 Å². The van der Waals surface area contributed by atoms with Crippen LogP contribution in [0.25, 0.3) is 0 Å². The maximum Gasteiger partial charge on any atom is 0.191 e. The van der Waals surface area contributed by atoms with E-state index < -0.39 is 0 Å². The quantitative estimate of drug-likeness (QED) is 0.497. The minimum Gasteiger partial charge on any atom is -0.374 e. The Bertz CT molecular complexity index is 735. The number of thiophene rings is 1. The van der Waals surface area contributed by atoms with Crippen LogP contribution < -0.4 is 15.5 Å². The summed E-state index contributed by atoms with van der Waals surface area (Å²) in [5, 5.41) is 10.6. The predicted molar refractivity (Wildman–Crippen MR) is 124 cm³/mol. The maximum absolute atomic E-state index is 5.66. The highest BCUT2D eigenvalue weighted by Gasteiger charge is 2.20. The van der Waals surface area contributed by atoms with Crippen LogP contribution in [0.5, 0.6) is 0 Å². The molecule has 1 aliphatic rings. The summed E-state index contributed by atoms with van der Waals surface area (Å²) < 4.78 is 5.66. The molecule has 2 aromatic rings. The van der Waals surface area contributed by atoms with E-state index in [1.54, 1.807) is 0 Å². The average molecular weight is 415 g/mol. The van der Waals surface area contributed by atoms with Crippen molar-refractivity contribution in [2.75, 3.05) is 24.5 Å². The van der Waals surface area contributed by atoms with Crippen molar-refractivity contribution in [2.45, 2.75) is 58.9 Å². The van der Waals surface area contributed by atoms with Gasteiger partial charge in [-0.15, -0.1) is 11.3 Å². The van der Waals surface area contributed by atoms with Crippen molar-refractivity contribution in [3.8, 4) is 0 Å². The van der Waals surface area contributed by atoms with Crippen LogP contribution in [0.15, 0.2) is 46.8 Å². The molecule has 0 aliphatic carbocycles. The molecule has 1 saturated heterocycles. The van der Waals surface area contributed by atoms with Gasteiger partial charge in [0.05, 0.1) is 24.3 Å². The number of guanidine groups is 1. The summed E-state index contributed by atoms with van der Waals surface area (Å²) in [4.78, 5) is 7.29. The van der Waals surface area contributed by atoms with Crippen LogP contribution in [-0.2, 0) is 17.9 Å². The van der Waals surface area contributed by atoms with E-state index in [0.29, 0.717) is 19.2 Å². The molecule has 1 aromatic heterocycles. The number of benzene rings is 1. The lowest BCUT2D eigenvalue weighted by atomic mass is 10.1. The fraction of sp³-hybridized carbons (Fsp3) is 0.522. The van der Waals surface area contributed by atoms with E-state index in [4.69, 9.17) is 9.73 Å². The number of nitrogens with one attached hydrogen (secondary N) is 2.